The van der Waals surface area contributed by atoms with Crippen molar-refractivity contribution in [3.05, 3.63) is 40.1 Å². The third kappa shape index (κ3) is 5.74. The third-order valence-electron chi connectivity index (χ3n) is 4.28. The van der Waals surface area contributed by atoms with Crippen LogP contribution in [-0.2, 0) is 27.9 Å². The first-order chi connectivity index (χ1) is 14.1. The Morgan fingerprint density at radius 3 is 2.77 bits per heavy atom. The fraction of sp³-hybridized carbons (Fsp3) is 0.526. The van der Waals surface area contributed by atoms with Crippen molar-refractivity contribution in [3.8, 4) is 11.3 Å². The largest absolute Gasteiger partial charge is 0.444 e. The highest BCUT2D eigenvalue weighted by molar-refractivity contribution is 5.68. The molecular weight excluding hydrogens is 394 g/mol. The number of ether oxygens (including phenoxy) is 3. The minimum absolute atomic E-state index is 0.0668. The van der Waals surface area contributed by atoms with E-state index < -0.39 is 22.7 Å². The van der Waals surface area contributed by atoms with Gasteiger partial charge in [-0.3, -0.25) is 10.1 Å². The number of alkyl carbamates (subject to hydrolysis) is 1. The Morgan fingerprint density at radius 1 is 1.37 bits per heavy atom. The minimum Gasteiger partial charge on any atom is -0.444 e. The molecule has 0 saturated carbocycles. The van der Waals surface area contributed by atoms with Gasteiger partial charge in [-0.2, -0.15) is 15.0 Å². The first-order valence-electron chi connectivity index (χ1n) is 9.44. The number of non-ortho nitro benzene ring substituents is 1. The maximum absolute atomic E-state index is 12.0. The summed E-state index contributed by atoms with van der Waals surface area (Å²) in [5, 5.41) is 22.3. The maximum Gasteiger partial charge on any atom is 0.408 e. The Balaban J connectivity index is 1.69. The van der Waals surface area contributed by atoms with Crippen LogP contribution in [0, 0.1) is 10.1 Å². The van der Waals surface area contributed by atoms with E-state index in [1.54, 1.807) is 33.9 Å². The number of carbonyl (C=O) groups is 1. The Labute approximate surface area is 173 Å². The average Bonchev–Trinajstić information content (AvgIpc) is 3.27. The molecule has 30 heavy (non-hydrogen) atoms. The molecule has 1 amide bonds. The normalized spacial score (nSPS) is 18.9. The molecule has 1 aromatic carbocycles. The molecule has 0 radical (unpaired) electrons. The van der Waals surface area contributed by atoms with Gasteiger partial charge in [-0.25, -0.2) is 4.79 Å². The number of nitrogens with one attached hydrogen (secondary N) is 1. The SMILES string of the molecule is Cn1ncc(-c2cc(CO[C@@H]3COC[C@H]3NC(=O)OC(C)(C)C)cc([N+](=O)[O-])c2)n1. The van der Waals surface area contributed by atoms with E-state index >= 15 is 0 Å². The topological polar surface area (TPSA) is 131 Å². The zero-order valence-electron chi connectivity index (χ0n) is 17.3. The van der Waals surface area contributed by atoms with Gasteiger partial charge in [0.25, 0.3) is 5.69 Å². The van der Waals surface area contributed by atoms with Gasteiger partial charge in [0.15, 0.2) is 0 Å². The van der Waals surface area contributed by atoms with Crippen molar-refractivity contribution in [2.75, 3.05) is 13.2 Å². The summed E-state index contributed by atoms with van der Waals surface area (Å²) >= 11 is 0. The number of hydrogen-bond donors (Lipinski definition) is 1. The van der Waals surface area contributed by atoms with Crippen LogP contribution in [0.25, 0.3) is 11.3 Å². The van der Waals surface area contributed by atoms with Gasteiger partial charge < -0.3 is 19.5 Å². The maximum atomic E-state index is 12.0. The standard InChI is InChI=1S/C19H25N5O6/c1-19(2,3)30-18(25)21-16-10-28-11-17(16)29-9-12-5-13(7-14(6-12)24(26)27)15-8-20-23(4)22-15/h5-8,16-17H,9-11H2,1-4H3,(H,21,25)/t16-,17-/m1/s1. The fourth-order valence-electron chi connectivity index (χ4n) is 2.98. The van der Waals surface area contributed by atoms with Gasteiger partial charge in [-0.05, 0) is 32.4 Å². The number of nitrogens with zero attached hydrogens (tertiary/aromatic N) is 4. The molecule has 0 bridgehead atoms. The number of hydrogen-bond acceptors (Lipinski definition) is 8. The number of carbonyl (C=O) groups excluding carboxylic acids is 1. The van der Waals surface area contributed by atoms with E-state index in [0.29, 0.717) is 30.0 Å². The summed E-state index contributed by atoms with van der Waals surface area (Å²) in [5.74, 6) is 0. The lowest BCUT2D eigenvalue weighted by Gasteiger charge is -2.24. The highest BCUT2D eigenvalue weighted by atomic mass is 16.6. The van der Waals surface area contributed by atoms with Crippen LogP contribution in [0.4, 0.5) is 10.5 Å². The molecule has 2 heterocycles. The van der Waals surface area contributed by atoms with Gasteiger partial charge in [-0.15, -0.1) is 0 Å². The molecule has 11 nitrogen and oxygen atoms in total. The van der Waals surface area contributed by atoms with Gasteiger partial charge in [0.2, 0.25) is 0 Å². The average molecular weight is 419 g/mol. The first-order valence-corrected chi connectivity index (χ1v) is 9.44. The number of amides is 1. The smallest absolute Gasteiger partial charge is 0.408 e. The van der Waals surface area contributed by atoms with Crippen molar-refractivity contribution in [2.24, 2.45) is 7.05 Å². The van der Waals surface area contributed by atoms with Gasteiger partial charge in [-0.1, -0.05) is 0 Å². The van der Waals surface area contributed by atoms with Crippen molar-refractivity contribution < 1.29 is 23.9 Å². The summed E-state index contributed by atoms with van der Waals surface area (Å²) in [6.07, 6.45) is 0.582. The van der Waals surface area contributed by atoms with E-state index in [4.69, 9.17) is 14.2 Å². The summed E-state index contributed by atoms with van der Waals surface area (Å²) in [7, 11) is 1.67. The molecule has 2 aromatic rings. The molecule has 1 N–H and O–H groups in total. The van der Waals surface area contributed by atoms with E-state index in [1.807, 2.05) is 0 Å². The molecule has 1 aliphatic rings. The summed E-state index contributed by atoms with van der Waals surface area (Å²) in [5.41, 5.74) is 1.02. The number of nitro benzene ring substituents is 1. The van der Waals surface area contributed by atoms with Crippen LogP contribution in [0.15, 0.2) is 24.4 Å². The molecule has 0 spiro atoms. The molecule has 11 heteroatoms. The monoisotopic (exact) mass is 419 g/mol. The van der Waals surface area contributed by atoms with Crippen molar-refractivity contribution in [1.29, 1.82) is 0 Å². The van der Waals surface area contributed by atoms with Crippen LogP contribution in [0.3, 0.4) is 0 Å². The van der Waals surface area contributed by atoms with E-state index in [2.05, 4.69) is 15.5 Å². The number of aromatic nitrogens is 3. The number of benzene rings is 1. The van der Waals surface area contributed by atoms with Crippen LogP contribution in [0.5, 0.6) is 0 Å². The second-order valence-corrected chi connectivity index (χ2v) is 8.00. The van der Waals surface area contributed by atoms with E-state index in [0.717, 1.165) is 0 Å². The molecule has 3 rings (SSSR count). The van der Waals surface area contributed by atoms with Crippen molar-refractivity contribution in [1.82, 2.24) is 20.3 Å². The van der Waals surface area contributed by atoms with E-state index in [-0.39, 0.29) is 18.3 Å². The molecule has 1 saturated heterocycles. The predicted molar refractivity (Wildman–Crippen MR) is 106 cm³/mol. The van der Waals surface area contributed by atoms with Crippen LogP contribution in [0.1, 0.15) is 26.3 Å². The van der Waals surface area contributed by atoms with Crippen LogP contribution in [0.2, 0.25) is 0 Å². The molecule has 2 atom stereocenters. The Hall–Kier alpha value is -3.05. The Bertz CT molecular complexity index is 922. The van der Waals surface area contributed by atoms with Crippen LogP contribution >= 0.6 is 0 Å². The zero-order chi connectivity index (χ0) is 21.9. The number of aryl methyl sites for hydroxylation is 1. The lowest BCUT2D eigenvalue weighted by Crippen LogP contribution is -2.45. The number of rotatable bonds is 6. The Morgan fingerprint density at radius 2 is 2.13 bits per heavy atom. The highest BCUT2D eigenvalue weighted by Gasteiger charge is 2.32. The number of nitro groups is 1. The molecular formula is C19H25N5O6. The summed E-state index contributed by atoms with van der Waals surface area (Å²) in [6, 6.07) is 4.28. The zero-order valence-corrected chi connectivity index (χ0v) is 17.3. The lowest BCUT2D eigenvalue weighted by molar-refractivity contribution is -0.384. The van der Waals surface area contributed by atoms with Crippen LogP contribution < -0.4 is 5.32 Å². The quantitative estimate of drug-likeness (QED) is 0.557. The summed E-state index contributed by atoms with van der Waals surface area (Å²) in [4.78, 5) is 24.3. The van der Waals surface area contributed by atoms with Crippen LogP contribution in [-0.4, -0.2) is 57.0 Å². The van der Waals surface area contributed by atoms with Gasteiger partial charge in [0.05, 0.1) is 37.0 Å². The molecule has 1 aliphatic heterocycles. The van der Waals surface area contributed by atoms with E-state index in [9.17, 15) is 14.9 Å². The molecule has 0 aliphatic carbocycles. The third-order valence-corrected chi connectivity index (χ3v) is 4.28. The highest BCUT2D eigenvalue weighted by Crippen LogP contribution is 2.25. The fourth-order valence-corrected chi connectivity index (χ4v) is 2.98. The molecule has 1 aromatic heterocycles. The second-order valence-electron chi connectivity index (χ2n) is 8.00. The van der Waals surface area contributed by atoms with Gasteiger partial charge in [0, 0.05) is 24.7 Å². The lowest BCUT2D eigenvalue weighted by atomic mass is 10.1. The van der Waals surface area contributed by atoms with Gasteiger partial charge >= 0.3 is 6.09 Å². The minimum atomic E-state index is -0.612. The Kier molecular flexibility index (Phi) is 6.32. The van der Waals surface area contributed by atoms with E-state index in [1.165, 1.54) is 23.1 Å². The van der Waals surface area contributed by atoms with Crippen molar-refractivity contribution in [2.45, 2.75) is 45.1 Å². The second kappa shape index (κ2) is 8.76. The molecule has 162 valence electrons. The van der Waals surface area contributed by atoms with Crippen molar-refractivity contribution in [3.63, 3.8) is 0 Å². The predicted octanol–water partition coefficient (Wildman–Crippen LogP) is 2.20. The van der Waals surface area contributed by atoms with Crippen molar-refractivity contribution >= 4 is 11.8 Å². The summed E-state index contributed by atoms with van der Waals surface area (Å²) < 4.78 is 16.6. The summed E-state index contributed by atoms with van der Waals surface area (Å²) in [6.45, 7) is 6.04. The molecule has 0 unspecified atom stereocenters. The molecule has 1 fully saturated rings. The first kappa shape index (κ1) is 21.7. The van der Waals surface area contributed by atoms with Gasteiger partial charge in [0.1, 0.15) is 17.4 Å².